The first kappa shape index (κ1) is 14.5. The minimum atomic E-state index is -0.494. The summed E-state index contributed by atoms with van der Waals surface area (Å²) in [6.07, 6.45) is 3.97. The van der Waals surface area contributed by atoms with Crippen molar-refractivity contribution in [3.8, 4) is 0 Å². The van der Waals surface area contributed by atoms with E-state index in [2.05, 4.69) is 10.6 Å². The fourth-order valence-corrected chi connectivity index (χ4v) is 2.08. The predicted octanol–water partition coefficient (Wildman–Crippen LogP) is 1.89. The maximum Gasteiger partial charge on any atom is 0.244 e. The van der Waals surface area contributed by atoms with Crippen LogP contribution in [0.5, 0.6) is 0 Å². The summed E-state index contributed by atoms with van der Waals surface area (Å²) in [5, 5.41) is 5.49. The van der Waals surface area contributed by atoms with Crippen LogP contribution in [0.25, 0.3) is 6.08 Å². The maximum atomic E-state index is 13.0. The molecule has 1 aromatic rings. The summed E-state index contributed by atoms with van der Waals surface area (Å²) in [6, 6.07) is 4.17. The van der Waals surface area contributed by atoms with Gasteiger partial charge in [0.1, 0.15) is 5.82 Å². The van der Waals surface area contributed by atoms with Gasteiger partial charge in [-0.3, -0.25) is 9.59 Å². The highest BCUT2D eigenvalue weighted by molar-refractivity contribution is 6.30. The number of benzene rings is 1. The summed E-state index contributed by atoms with van der Waals surface area (Å²) >= 11 is 5.65. The molecule has 0 saturated carbocycles. The lowest BCUT2D eigenvalue weighted by molar-refractivity contribution is -0.124. The van der Waals surface area contributed by atoms with E-state index in [1.807, 2.05) is 0 Å². The molecule has 1 aromatic carbocycles. The Bertz CT molecular complexity index is 550. The van der Waals surface area contributed by atoms with Crippen LogP contribution < -0.4 is 10.6 Å². The Morgan fingerprint density at radius 3 is 2.95 bits per heavy atom. The lowest BCUT2D eigenvalue weighted by Gasteiger charge is -2.22. The summed E-state index contributed by atoms with van der Waals surface area (Å²) in [6.45, 7) is 0.445. The van der Waals surface area contributed by atoms with Crippen molar-refractivity contribution in [3.05, 3.63) is 40.7 Å². The smallest absolute Gasteiger partial charge is 0.244 e. The van der Waals surface area contributed by atoms with Gasteiger partial charge in [-0.2, -0.15) is 0 Å². The average molecular weight is 297 g/mol. The minimum absolute atomic E-state index is 0.00648. The zero-order valence-electron chi connectivity index (χ0n) is 10.7. The van der Waals surface area contributed by atoms with Crippen LogP contribution in [0.15, 0.2) is 24.3 Å². The summed E-state index contributed by atoms with van der Waals surface area (Å²) < 4.78 is 13.0. The lowest BCUT2D eigenvalue weighted by Crippen LogP contribution is -2.47. The third-order valence-electron chi connectivity index (χ3n) is 2.98. The van der Waals surface area contributed by atoms with Crippen LogP contribution in [-0.4, -0.2) is 24.4 Å². The third-order valence-corrected chi connectivity index (χ3v) is 3.27. The molecule has 1 heterocycles. The van der Waals surface area contributed by atoms with Crippen molar-refractivity contribution in [2.75, 3.05) is 6.54 Å². The molecule has 0 radical (unpaired) electrons. The summed E-state index contributed by atoms with van der Waals surface area (Å²) in [5.74, 6) is -0.746. The highest BCUT2D eigenvalue weighted by Gasteiger charge is 2.18. The topological polar surface area (TPSA) is 58.2 Å². The lowest BCUT2D eigenvalue weighted by atomic mass is 10.1. The Labute approximate surface area is 121 Å². The van der Waals surface area contributed by atoms with Crippen molar-refractivity contribution in [2.45, 2.75) is 18.9 Å². The molecular formula is C14H14ClFN2O2. The third kappa shape index (κ3) is 4.06. The fraction of sp³-hybridized carbons (Fsp3) is 0.286. The zero-order valence-corrected chi connectivity index (χ0v) is 11.4. The molecule has 2 amide bonds. The van der Waals surface area contributed by atoms with E-state index in [0.717, 1.165) is 0 Å². The van der Waals surface area contributed by atoms with Crippen molar-refractivity contribution < 1.29 is 14.0 Å². The molecule has 1 atom stereocenters. The quantitative estimate of drug-likeness (QED) is 0.837. The number of carbonyl (C=O) groups is 2. The molecule has 106 valence electrons. The predicted molar refractivity (Wildman–Crippen MR) is 74.6 cm³/mol. The van der Waals surface area contributed by atoms with Crippen molar-refractivity contribution in [1.29, 1.82) is 0 Å². The molecule has 1 aliphatic heterocycles. The van der Waals surface area contributed by atoms with Crippen LogP contribution in [0.4, 0.5) is 4.39 Å². The molecule has 0 aromatic heterocycles. The number of halogens is 2. The van der Waals surface area contributed by atoms with E-state index in [-0.39, 0.29) is 22.9 Å². The Balaban J connectivity index is 1.88. The number of hydrogen-bond donors (Lipinski definition) is 2. The number of amides is 2. The number of nitrogens with one attached hydrogen (secondary N) is 2. The molecule has 0 bridgehead atoms. The van der Waals surface area contributed by atoms with Crippen molar-refractivity contribution >= 4 is 29.5 Å². The molecule has 1 aliphatic rings. The van der Waals surface area contributed by atoms with Crippen LogP contribution in [-0.2, 0) is 9.59 Å². The number of piperidine rings is 1. The molecule has 0 aliphatic carbocycles. The first-order chi connectivity index (χ1) is 9.54. The fourth-order valence-electron chi connectivity index (χ4n) is 1.89. The molecule has 2 rings (SSSR count). The van der Waals surface area contributed by atoms with E-state index in [1.165, 1.54) is 24.3 Å². The van der Waals surface area contributed by atoms with Gasteiger partial charge in [0.25, 0.3) is 0 Å². The molecule has 1 saturated heterocycles. The minimum Gasteiger partial charge on any atom is -0.354 e. The van der Waals surface area contributed by atoms with Crippen LogP contribution in [0.1, 0.15) is 18.4 Å². The van der Waals surface area contributed by atoms with E-state index < -0.39 is 5.82 Å². The van der Waals surface area contributed by atoms with Crippen molar-refractivity contribution in [3.63, 3.8) is 0 Å². The SMILES string of the molecule is O=C(C=Cc1ccc(F)c(Cl)c1)NC1CCC(=O)NC1. The monoisotopic (exact) mass is 296 g/mol. The molecule has 1 fully saturated rings. The second-order valence-electron chi connectivity index (χ2n) is 4.56. The summed E-state index contributed by atoms with van der Waals surface area (Å²) in [4.78, 5) is 22.7. The molecule has 20 heavy (non-hydrogen) atoms. The van der Waals surface area contributed by atoms with E-state index in [1.54, 1.807) is 6.08 Å². The van der Waals surface area contributed by atoms with Crippen LogP contribution in [0.2, 0.25) is 5.02 Å². The van der Waals surface area contributed by atoms with E-state index in [4.69, 9.17) is 11.6 Å². The molecule has 4 nitrogen and oxygen atoms in total. The van der Waals surface area contributed by atoms with Crippen LogP contribution in [0.3, 0.4) is 0 Å². The number of rotatable bonds is 3. The Morgan fingerprint density at radius 1 is 1.50 bits per heavy atom. The molecule has 6 heteroatoms. The second-order valence-corrected chi connectivity index (χ2v) is 4.96. The first-order valence-corrected chi connectivity index (χ1v) is 6.63. The highest BCUT2D eigenvalue weighted by Crippen LogP contribution is 2.16. The van der Waals surface area contributed by atoms with E-state index >= 15 is 0 Å². The van der Waals surface area contributed by atoms with Gasteiger partial charge in [0.15, 0.2) is 0 Å². The van der Waals surface area contributed by atoms with Gasteiger partial charge in [-0.05, 0) is 30.2 Å². The van der Waals surface area contributed by atoms with Gasteiger partial charge in [-0.25, -0.2) is 4.39 Å². The Morgan fingerprint density at radius 2 is 2.30 bits per heavy atom. The largest absolute Gasteiger partial charge is 0.354 e. The van der Waals surface area contributed by atoms with Gasteiger partial charge in [-0.15, -0.1) is 0 Å². The molecule has 1 unspecified atom stereocenters. The van der Waals surface area contributed by atoms with E-state index in [0.29, 0.717) is 24.9 Å². The summed E-state index contributed by atoms with van der Waals surface area (Å²) in [5.41, 5.74) is 0.642. The standard InChI is InChI=1S/C14H14ClFN2O2/c15-11-7-9(1-4-12(11)16)2-5-14(20)18-10-3-6-13(19)17-8-10/h1-2,4-5,7,10H,3,6,8H2,(H,17,19)(H,18,20). The van der Waals surface area contributed by atoms with Crippen molar-refractivity contribution in [2.24, 2.45) is 0 Å². The van der Waals surface area contributed by atoms with Gasteiger partial charge in [0.05, 0.1) is 5.02 Å². The summed E-state index contributed by atoms with van der Waals surface area (Å²) in [7, 11) is 0. The van der Waals surface area contributed by atoms with Crippen LogP contribution in [0, 0.1) is 5.82 Å². The van der Waals surface area contributed by atoms with Crippen molar-refractivity contribution in [1.82, 2.24) is 10.6 Å². The normalized spacial score (nSPS) is 18.9. The number of hydrogen-bond acceptors (Lipinski definition) is 2. The Hall–Kier alpha value is -1.88. The molecule has 2 N–H and O–H groups in total. The van der Waals surface area contributed by atoms with Gasteiger partial charge in [0.2, 0.25) is 11.8 Å². The number of carbonyl (C=O) groups excluding carboxylic acids is 2. The van der Waals surface area contributed by atoms with Crippen LogP contribution >= 0.6 is 11.6 Å². The molecular weight excluding hydrogens is 283 g/mol. The second kappa shape index (κ2) is 6.52. The molecule has 0 spiro atoms. The van der Waals surface area contributed by atoms with E-state index in [9.17, 15) is 14.0 Å². The highest BCUT2D eigenvalue weighted by atomic mass is 35.5. The Kier molecular flexibility index (Phi) is 4.74. The van der Waals surface area contributed by atoms with Gasteiger partial charge in [0, 0.05) is 25.1 Å². The van der Waals surface area contributed by atoms with Gasteiger partial charge >= 0.3 is 0 Å². The average Bonchev–Trinajstić information content (AvgIpc) is 2.43. The van der Waals surface area contributed by atoms with Gasteiger partial charge < -0.3 is 10.6 Å². The first-order valence-electron chi connectivity index (χ1n) is 6.25. The zero-order chi connectivity index (χ0) is 14.5. The van der Waals surface area contributed by atoms with Gasteiger partial charge in [-0.1, -0.05) is 17.7 Å². The maximum absolute atomic E-state index is 13.0.